The second kappa shape index (κ2) is 29.0. The zero-order chi connectivity index (χ0) is 24.1. The van der Waals surface area contributed by atoms with Gasteiger partial charge in [-0.2, -0.15) is 0 Å². The highest BCUT2D eigenvalue weighted by Gasteiger charge is 2.02. The molecule has 0 aromatic heterocycles. The molecule has 0 aliphatic heterocycles. The topological polar surface area (TPSA) is 90.9 Å². The molecule has 0 saturated heterocycles. The van der Waals surface area contributed by atoms with Gasteiger partial charge in [-0.3, -0.25) is 4.79 Å². The average molecular weight is 479 g/mol. The van der Waals surface area contributed by atoms with Crippen molar-refractivity contribution in [1.82, 2.24) is 0 Å². The van der Waals surface area contributed by atoms with Crippen molar-refractivity contribution in [3.63, 3.8) is 0 Å². The first kappa shape index (κ1) is 31.9. The molecule has 0 aromatic carbocycles. The summed E-state index contributed by atoms with van der Waals surface area (Å²) in [6, 6.07) is 0. The van der Waals surface area contributed by atoms with E-state index in [1.165, 1.54) is 0 Å². The molecule has 0 fully saturated rings. The Morgan fingerprint density at radius 3 is 1.36 bits per heavy atom. The van der Waals surface area contributed by atoms with Gasteiger partial charge < -0.3 is 37.9 Å². The van der Waals surface area contributed by atoms with E-state index in [4.69, 9.17) is 37.9 Å². The first-order chi connectivity index (χ1) is 16.3. The molecule has 0 aliphatic carbocycles. The summed E-state index contributed by atoms with van der Waals surface area (Å²) in [6.07, 6.45) is 6.50. The van der Waals surface area contributed by atoms with Crippen LogP contribution in [0.15, 0.2) is 12.7 Å². The van der Waals surface area contributed by atoms with Gasteiger partial charge in [-0.15, -0.1) is 6.58 Å². The van der Waals surface area contributed by atoms with Crippen LogP contribution >= 0.6 is 0 Å². The van der Waals surface area contributed by atoms with Crippen LogP contribution in [-0.4, -0.2) is 105 Å². The van der Waals surface area contributed by atoms with Gasteiger partial charge in [0, 0.05) is 6.42 Å². The van der Waals surface area contributed by atoms with Crippen LogP contribution in [0.2, 0.25) is 0 Å². The molecule has 0 radical (unpaired) electrons. The second-order valence-electron chi connectivity index (χ2n) is 7.07. The monoisotopic (exact) mass is 478 g/mol. The molecule has 0 N–H and O–H groups in total. The summed E-state index contributed by atoms with van der Waals surface area (Å²) < 4.78 is 42.7. The van der Waals surface area contributed by atoms with E-state index in [1.54, 1.807) is 6.08 Å². The van der Waals surface area contributed by atoms with Crippen LogP contribution in [0.1, 0.15) is 39.0 Å². The minimum atomic E-state index is -0.147. The van der Waals surface area contributed by atoms with Crippen molar-refractivity contribution in [2.24, 2.45) is 0 Å². The molecule has 0 spiro atoms. The number of rotatable bonds is 28. The third-order valence-electron chi connectivity index (χ3n) is 4.19. The van der Waals surface area contributed by atoms with E-state index < -0.39 is 0 Å². The van der Waals surface area contributed by atoms with Gasteiger partial charge in [0.05, 0.1) is 92.5 Å². The lowest BCUT2D eigenvalue weighted by molar-refractivity contribution is -0.145. The van der Waals surface area contributed by atoms with Crippen LogP contribution < -0.4 is 0 Å². The number of carbonyl (C=O) groups is 1. The summed E-state index contributed by atoms with van der Waals surface area (Å²) in [5.41, 5.74) is 0. The Hall–Kier alpha value is -1.07. The van der Waals surface area contributed by atoms with Crippen molar-refractivity contribution >= 4 is 5.97 Å². The first-order valence-electron chi connectivity index (χ1n) is 12.1. The van der Waals surface area contributed by atoms with Crippen molar-refractivity contribution in [2.45, 2.75) is 39.0 Å². The van der Waals surface area contributed by atoms with Gasteiger partial charge in [0.1, 0.15) is 6.61 Å². The number of hydrogen-bond acceptors (Lipinski definition) is 9. The molecular weight excluding hydrogens is 432 g/mol. The minimum absolute atomic E-state index is 0.147. The van der Waals surface area contributed by atoms with Gasteiger partial charge in [0.25, 0.3) is 0 Å². The fourth-order valence-electron chi connectivity index (χ4n) is 2.47. The number of unbranched alkanes of at least 4 members (excludes halogenated alkanes) is 3. The highest BCUT2D eigenvalue weighted by atomic mass is 16.6. The molecule has 33 heavy (non-hydrogen) atoms. The van der Waals surface area contributed by atoms with Gasteiger partial charge in [0.15, 0.2) is 0 Å². The lowest BCUT2D eigenvalue weighted by Crippen LogP contribution is -2.15. The molecule has 9 heteroatoms. The average Bonchev–Trinajstić information content (AvgIpc) is 2.82. The Labute approximate surface area is 200 Å². The lowest BCUT2D eigenvalue weighted by Gasteiger charge is -2.08. The van der Waals surface area contributed by atoms with E-state index in [0.717, 1.165) is 25.7 Å². The minimum Gasteiger partial charge on any atom is -0.463 e. The number of ether oxygens (including phenoxy) is 8. The van der Waals surface area contributed by atoms with Gasteiger partial charge in [0.2, 0.25) is 0 Å². The quantitative estimate of drug-likeness (QED) is 0.0956. The maximum atomic E-state index is 11.5. The number of carbonyl (C=O) groups excluding carboxylic acids is 1. The summed E-state index contributed by atoms with van der Waals surface area (Å²) in [7, 11) is 0. The Morgan fingerprint density at radius 1 is 0.576 bits per heavy atom. The molecule has 0 saturated carbocycles. The molecular formula is C24H46O9. The largest absolute Gasteiger partial charge is 0.463 e. The summed E-state index contributed by atoms with van der Waals surface area (Å²) in [5, 5.41) is 0. The molecule has 0 heterocycles. The molecule has 0 aliphatic rings. The summed E-state index contributed by atoms with van der Waals surface area (Å²) in [5.74, 6) is -0.147. The van der Waals surface area contributed by atoms with Crippen molar-refractivity contribution in [1.29, 1.82) is 0 Å². The smallest absolute Gasteiger partial charge is 0.305 e. The molecule has 0 atom stereocenters. The van der Waals surface area contributed by atoms with Crippen LogP contribution in [0.5, 0.6) is 0 Å². The fourth-order valence-corrected chi connectivity index (χ4v) is 2.47. The molecule has 0 rings (SSSR count). The van der Waals surface area contributed by atoms with Gasteiger partial charge in [-0.1, -0.05) is 32.3 Å². The maximum absolute atomic E-state index is 11.5. The second-order valence-corrected chi connectivity index (χ2v) is 7.07. The van der Waals surface area contributed by atoms with Crippen molar-refractivity contribution in [3.05, 3.63) is 12.7 Å². The summed E-state index contributed by atoms with van der Waals surface area (Å²) in [4.78, 5) is 11.5. The van der Waals surface area contributed by atoms with Gasteiger partial charge in [-0.05, 0) is 6.42 Å². The van der Waals surface area contributed by atoms with Crippen molar-refractivity contribution < 1.29 is 42.7 Å². The Morgan fingerprint density at radius 2 is 0.970 bits per heavy atom. The summed E-state index contributed by atoms with van der Waals surface area (Å²) >= 11 is 0. The predicted molar refractivity (Wildman–Crippen MR) is 126 cm³/mol. The maximum Gasteiger partial charge on any atom is 0.305 e. The molecule has 0 amide bonds. The van der Waals surface area contributed by atoms with E-state index in [0.29, 0.717) is 106 Å². The highest BCUT2D eigenvalue weighted by molar-refractivity contribution is 5.69. The van der Waals surface area contributed by atoms with Crippen LogP contribution in [-0.2, 0) is 42.7 Å². The lowest BCUT2D eigenvalue weighted by atomic mass is 10.2. The molecule has 0 unspecified atom stereocenters. The normalized spacial score (nSPS) is 11.1. The Balaban J connectivity index is 3.07. The van der Waals surface area contributed by atoms with E-state index in [1.807, 2.05) is 0 Å². The van der Waals surface area contributed by atoms with Crippen LogP contribution in [0.25, 0.3) is 0 Å². The van der Waals surface area contributed by atoms with E-state index in [2.05, 4.69) is 13.5 Å². The molecule has 9 nitrogen and oxygen atoms in total. The van der Waals surface area contributed by atoms with Gasteiger partial charge >= 0.3 is 5.97 Å². The molecule has 0 aromatic rings. The highest BCUT2D eigenvalue weighted by Crippen LogP contribution is 2.03. The van der Waals surface area contributed by atoms with Crippen LogP contribution in [0.4, 0.5) is 0 Å². The first-order valence-corrected chi connectivity index (χ1v) is 12.1. The standard InChI is InChI=1S/C24H46O9/c1-3-5-6-7-8-24(25)33-23-22-32-21-20-31-19-18-30-17-16-29-15-14-28-13-12-27-11-10-26-9-4-2/h4H,2-3,5-23H2,1H3. The Kier molecular flexibility index (Phi) is 28.0. The zero-order valence-electron chi connectivity index (χ0n) is 20.6. The van der Waals surface area contributed by atoms with E-state index >= 15 is 0 Å². The van der Waals surface area contributed by atoms with Crippen LogP contribution in [0, 0.1) is 0 Å². The fraction of sp³-hybridized carbons (Fsp3) is 0.875. The van der Waals surface area contributed by atoms with Crippen molar-refractivity contribution in [3.8, 4) is 0 Å². The van der Waals surface area contributed by atoms with Gasteiger partial charge in [-0.25, -0.2) is 0 Å². The Bertz CT molecular complexity index is 407. The SMILES string of the molecule is C=CCOCCOCCOCCOCCOCCOCCOCCOC(=O)CCCCCC. The molecule has 196 valence electrons. The number of esters is 1. The third-order valence-corrected chi connectivity index (χ3v) is 4.19. The zero-order valence-corrected chi connectivity index (χ0v) is 20.6. The number of hydrogen-bond donors (Lipinski definition) is 0. The third kappa shape index (κ3) is 28.9. The van der Waals surface area contributed by atoms with Crippen molar-refractivity contribution in [2.75, 3.05) is 99.1 Å². The molecule has 0 bridgehead atoms. The summed E-state index contributed by atoms with van der Waals surface area (Å²) in [6.45, 7) is 13.1. The van der Waals surface area contributed by atoms with E-state index in [-0.39, 0.29) is 5.97 Å². The van der Waals surface area contributed by atoms with Crippen LogP contribution in [0.3, 0.4) is 0 Å². The van der Waals surface area contributed by atoms with E-state index in [9.17, 15) is 4.79 Å². The predicted octanol–water partition coefficient (Wildman–Crippen LogP) is 2.80.